The maximum Gasteiger partial charge on any atom is 0.236 e. The number of carbonyl (C=O) groups is 1. The lowest BCUT2D eigenvalue weighted by molar-refractivity contribution is -0.116. The quantitative estimate of drug-likeness (QED) is 0.850. The third-order valence-electron chi connectivity index (χ3n) is 1.38. The highest BCUT2D eigenvalue weighted by atomic mass is 79.9. The van der Waals surface area contributed by atoms with Crippen LogP contribution in [0.2, 0.25) is 0 Å². The summed E-state index contributed by atoms with van der Waals surface area (Å²) in [5.41, 5.74) is 5.43. The molecule has 1 amide bonds. The van der Waals surface area contributed by atoms with Crippen LogP contribution in [0.25, 0.3) is 0 Å². The van der Waals surface area contributed by atoms with Crippen molar-refractivity contribution in [3.8, 4) is 0 Å². The van der Waals surface area contributed by atoms with E-state index in [1.165, 1.54) is 12.1 Å². The summed E-state index contributed by atoms with van der Waals surface area (Å²) in [6, 6.07) is 4.16. The van der Waals surface area contributed by atoms with Gasteiger partial charge in [0.25, 0.3) is 0 Å². The molecule has 0 saturated carbocycles. The predicted molar refractivity (Wildman–Crippen MR) is 51.8 cm³/mol. The molecule has 1 rings (SSSR count). The molecule has 1 aromatic carbocycles. The highest BCUT2D eigenvalue weighted by molar-refractivity contribution is 9.10. The van der Waals surface area contributed by atoms with Gasteiger partial charge in [-0.1, -0.05) is 0 Å². The number of halogens is 2. The lowest BCUT2D eigenvalue weighted by Crippen LogP contribution is -2.21. The van der Waals surface area contributed by atoms with Crippen molar-refractivity contribution in [3.05, 3.63) is 28.5 Å². The minimum atomic E-state index is -0.490. The Morgan fingerprint density at radius 1 is 1.62 bits per heavy atom. The SMILES string of the molecule is NC(=O)CNc1cc(F)ccc1Br. The van der Waals surface area contributed by atoms with E-state index < -0.39 is 5.91 Å². The minimum absolute atomic E-state index is 0.0119. The summed E-state index contributed by atoms with van der Waals surface area (Å²) in [6.45, 7) is -0.0119. The molecular formula is C8H8BrFN2O. The summed E-state index contributed by atoms with van der Waals surface area (Å²) in [6.07, 6.45) is 0. The first-order valence-corrected chi connectivity index (χ1v) is 4.36. The number of primary amides is 1. The van der Waals surface area contributed by atoms with E-state index in [0.29, 0.717) is 10.2 Å². The van der Waals surface area contributed by atoms with Gasteiger partial charge in [0.05, 0.1) is 12.2 Å². The summed E-state index contributed by atoms with van der Waals surface area (Å²) in [7, 11) is 0. The molecule has 3 nitrogen and oxygen atoms in total. The monoisotopic (exact) mass is 246 g/mol. The largest absolute Gasteiger partial charge is 0.375 e. The fourth-order valence-electron chi connectivity index (χ4n) is 0.815. The summed E-state index contributed by atoms with van der Waals surface area (Å²) in [5, 5.41) is 2.69. The molecule has 0 fully saturated rings. The molecule has 0 spiro atoms. The van der Waals surface area contributed by atoms with E-state index in [9.17, 15) is 9.18 Å². The van der Waals surface area contributed by atoms with Crippen molar-refractivity contribution >= 4 is 27.5 Å². The summed E-state index contributed by atoms with van der Waals surface area (Å²) in [5.74, 6) is -0.855. The van der Waals surface area contributed by atoms with Crippen LogP contribution in [0.4, 0.5) is 10.1 Å². The number of hydrogen-bond donors (Lipinski definition) is 2. The Hall–Kier alpha value is -1.10. The molecule has 70 valence electrons. The first kappa shape index (κ1) is 9.98. The zero-order valence-corrected chi connectivity index (χ0v) is 8.27. The molecule has 0 bridgehead atoms. The maximum absolute atomic E-state index is 12.7. The Morgan fingerprint density at radius 3 is 2.92 bits per heavy atom. The first-order chi connectivity index (χ1) is 6.09. The third kappa shape index (κ3) is 3.02. The molecule has 3 N–H and O–H groups in total. The van der Waals surface area contributed by atoms with E-state index >= 15 is 0 Å². The van der Waals surface area contributed by atoms with Crippen molar-refractivity contribution in [3.63, 3.8) is 0 Å². The van der Waals surface area contributed by atoms with Crippen LogP contribution in [0.3, 0.4) is 0 Å². The van der Waals surface area contributed by atoms with Crippen molar-refractivity contribution in [2.45, 2.75) is 0 Å². The van der Waals surface area contributed by atoms with E-state index in [4.69, 9.17) is 5.73 Å². The number of anilines is 1. The first-order valence-electron chi connectivity index (χ1n) is 3.57. The van der Waals surface area contributed by atoms with Crippen molar-refractivity contribution in [2.24, 2.45) is 5.73 Å². The molecular weight excluding hydrogens is 239 g/mol. The second-order valence-electron chi connectivity index (χ2n) is 2.44. The van der Waals surface area contributed by atoms with Gasteiger partial charge in [0.15, 0.2) is 0 Å². The van der Waals surface area contributed by atoms with Crippen molar-refractivity contribution in [1.29, 1.82) is 0 Å². The van der Waals surface area contributed by atoms with E-state index in [1.807, 2.05) is 0 Å². The zero-order chi connectivity index (χ0) is 9.84. The molecule has 0 atom stereocenters. The van der Waals surface area contributed by atoms with Gasteiger partial charge in [-0.05, 0) is 34.1 Å². The summed E-state index contributed by atoms with van der Waals surface area (Å²) in [4.78, 5) is 10.4. The standard InChI is InChI=1S/C8H8BrFN2O/c9-6-2-1-5(10)3-7(6)12-4-8(11)13/h1-3,12H,4H2,(H2,11,13). The van der Waals surface area contributed by atoms with Gasteiger partial charge in [-0.2, -0.15) is 0 Å². The Kier molecular flexibility index (Phi) is 3.25. The van der Waals surface area contributed by atoms with Gasteiger partial charge < -0.3 is 11.1 Å². The van der Waals surface area contributed by atoms with Crippen LogP contribution < -0.4 is 11.1 Å². The molecule has 13 heavy (non-hydrogen) atoms. The van der Waals surface area contributed by atoms with Crippen LogP contribution in [0.5, 0.6) is 0 Å². The lowest BCUT2D eigenvalue weighted by atomic mass is 10.3. The Morgan fingerprint density at radius 2 is 2.31 bits per heavy atom. The van der Waals surface area contributed by atoms with Gasteiger partial charge >= 0.3 is 0 Å². The van der Waals surface area contributed by atoms with Gasteiger partial charge in [0, 0.05) is 4.47 Å². The van der Waals surface area contributed by atoms with Gasteiger partial charge in [-0.15, -0.1) is 0 Å². The van der Waals surface area contributed by atoms with E-state index in [1.54, 1.807) is 6.07 Å². The smallest absolute Gasteiger partial charge is 0.236 e. The lowest BCUT2D eigenvalue weighted by Gasteiger charge is -2.05. The average molecular weight is 247 g/mol. The van der Waals surface area contributed by atoms with E-state index in [-0.39, 0.29) is 12.4 Å². The van der Waals surface area contributed by atoms with Crippen molar-refractivity contribution in [2.75, 3.05) is 11.9 Å². The molecule has 0 radical (unpaired) electrons. The predicted octanol–water partition coefficient (Wildman–Crippen LogP) is 1.49. The molecule has 0 heterocycles. The number of nitrogens with one attached hydrogen (secondary N) is 1. The van der Waals surface area contributed by atoms with Crippen LogP contribution in [-0.4, -0.2) is 12.5 Å². The molecule has 0 aliphatic rings. The number of rotatable bonds is 3. The number of hydrogen-bond acceptors (Lipinski definition) is 2. The molecule has 0 aromatic heterocycles. The number of amides is 1. The summed E-state index contributed by atoms with van der Waals surface area (Å²) >= 11 is 3.20. The van der Waals surface area contributed by atoms with Crippen LogP contribution in [0.15, 0.2) is 22.7 Å². The van der Waals surface area contributed by atoms with Gasteiger partial charge in [0.2, 0.25) is 5.91 Å². The highest BCUT2D eigenvalue weighted by Crippen LogP contribution is 2.22. The minimum Gasteiger partial charge on any atom is -0.375 e. The normalized spacial score (nSPS) is 9.69. The Bertz CT molecular complexity index is 330. The van der Waals surface area contributed by atoms with Crippen molar-refractivity contribution < 1.29 is 9.18 Å². The fraction of sp³-hybridized carbons (Fsp3) is 0.125. The number of carbonyl (C=O) groups excluding carboxylic acids is 1. The zero-order valence-electron chi connectivity index (χ0n) is 6.68. The van der Waals surface area contributed by atoms with E-state index in [2.05, 4.69) is 21.2 Å². The van der Waals surface area contributed by atoms with Gasteiger partial charge in [-0.25, -0.2) is 4.39 Å². The topological polar surface area (TPSA) is 55.1 Å². The molecule has 0 saturated heterocycles. The molecule has 0 aliphatic carbocycles. The van der Waals surface area contributed by atoms with Gasteiger partial charge in [-0.3, -0.25) is 4.79 Å². The van der Waals surface area contributed by atoms with Gasteiger partial charge in [0.1, 0.15) is 5.82 Å². The fourth-order valence-corrected chi connectivity index (χ4v) is 1.20. The second-order valence-corrected chi connectivity index (χ2v) is 3.30. The third-order valence-corrected chi connectivity index (χ3v) is 2.07. The van der Waals surface area contributed by atoms with E-state index in [0.717, 1.165) is 0 Å². The Labute approximate surface area is 83.2 Å². The Balaban J connectivity index is 2.75. The molecule has 1 aromatic rings. The average Bonchev–Trinajstić information content (AvgIpc) is 2.06. The van der Waals surface area contributed by atoms with Crippen LogP contribution in [0, 0.1) is 5.82 Å². The van der Waals surface area contributed by atoms with Crippen LogP contribution in [-0.2, 0) is 4.79 Å². The molecule has 5 heteroatoms. The maximum atomic E-state index is 12.7. The second kappa shape index (κ2) is 4.23. The van der Waals surface area contributed by atoms with Crippen LogP contribution in [0.1, 0.15) is 0 Å². The molecule has 0 aliphatic heterocycles. The number of benzene rings is 1. The van der Waals surface area contributed by atoms with Crippen LogP contribution >= 0.6 is 15.9 Å². The highest BCUT2D eigenvalue weighted by Gasteiger charge is 2.01. The van der Waals surface area contributed by atoms with Crippen molar-refractivity contribution in [1.82, 2.24) is 0 Å². The molecule has 0 unspecified atom stereocenters. The number of nitrogens with two attached hydrogens (primary N) is 1. The summed E-state index contributed by atoms with van der Waals surface area (Å²) < 4.78 is 13.4.